The molecule has 1 aromatic carbocycles. The lowest BCUT2D eigenvalue weighted by atomic mass is 10.0. The number of piperidine rings is 1. The molecule has 0 aliphatic carbocycles. The van der Waals surface area contributed by atoms with E-state index in [2.05, 4.69) is 41.1 Å². The molecule has 0 unspecified atom stereocenters. The second-order valence-corrected chi connectivity index (χ2v) is 9.07. The van der Waals surface area contributed by atoms with E-state index in [-0.39, 0.29) is 10.9 Å². The minimum absolute atomic E-state index is 0.226. The van der Waals surface area contributed by atoms with E-state index >= 15 is 4.39 Å². The van der Waals surface area contributed by atoms with Crippen LogP contribution in [0.1, 0.15) is 24.8 Å². The number of halogens is 3. The Morgan fingerprint density at radius 2 is 1.85 bits per heavy atom. The van der Waals surface area contributed by atoms with Crippen LogP contribution in [0.2, 0.25) is 0 Å². The van der Waals surface area contributed by atoms with Crippen LogP contribution in [0.15, 0.2) is 53.3 Å². The molecule has 4 aromatic rings. The van der Waals surface area contributed by atoms with Crippen molar-refractivity contribution in [3.8, 4) is 11.4 Å². The predicted octanol–water partition coefficient (Wildman–Crippen LogP) is 6.77. The summed E-state index contributed by atoms with van der Waals surface area (Å²) in [6, 6.07) is 9.58. The molecule has 1 fully saturated rings. The van der Waals surface area contributed by atoms with Crippen LogP contribution >= 0.6 is 15.9 Å². The fourth-order valence-corrected chi connectivity index (χ4v) is 4.66. The van der Waals surface area contributed by atoms with Crippen molar-refractivity contribution >= 4 is 44.0 Å². The fourth-order valence-electron chi connectivity index (χ4n) is 4.33. The van der Waals surface area contributed by atoms with Gasteiger partial charge in [0.25, 0.3) is 0 Å². The molecular formula is C25H22BrF2N5. The van der Waals surface area contributed by atoms with Crippen molar-refractivity contribution in [2.45, 2.75) is 26.2 Å². The van der Waals surface area contributed by atoms with Crippen molar-refractivity contribution in [2.75, 3.05) is 23.3 Å². The Labute approximate surface area is 199 Å². The number of anilines is 3. The van der Waals surface area contributed by atoms with Crippen LogP contribution in [0.25, 0.3) is 22.3 Å². The van der Waals surface area contributed by atoms with Gasteiger partial charge in [0.05, 0.1) is 33.7 Å². The van der Waals surface area contributed by atoms with Crippen molar-refractivity contribution in [1.82, 2.24) is 15.0 Å². The Morgan fingerprint density at radius 3 is 2.61 bits per heavy atom. The van der Waals surface area contributed by atoms with Gasteiger partial charge in [-0.25, -0.2) is 18.7 Å². The van der Waals surface area contributed by atoms with E-state index in [4.69, 9.17) is 0 Å². The highest BCUT2D eigenvalue weighted by atomic mass is 79.9. The smallest absolute Gasteiger partial charge is 0.152 e. The molecule has 33 heavy (non-hydrogen) atoms. The molecule has 0 atom stereocenters. The van der Waals surface area contributed by atoms with E-state index in [0.29, 0.717) is 17.1 Å². The molecule has 1 aliphatic rings. The molecule has 0 amide bonds. The lowest BCUT2D eigenvalue weighted by molar-refractivity contribution is 0.574. The number of pyridine rings is 3. The van der Waals surface area contributed by atoms with Crippen molar-refractivity contribution in [3.63, 3.8) is 0 Å². The number of nitrogens with zero attached hydrogens (tertiary/aromatic N) is 4. The molecule has 4 heterocycles. The van der Waals surface area contributed by atoms with E-state index in [9.17, 15) is 4.39 Å². The van der Waals surface area contributed by atoms with Gasteiger partial charge >= 0.3 is 0 Å². The van der Waals surface area contributed by atoms with Gasteiger partial charge in [-0.3, -0.25) is 4.98 Å². The van der Waals surface area contributed by atoms with Crippen LogP contribution in [0.3, 0.4) is 0 Å². The third-order valence-corrected chi connectivity index (χ3v) is 6.34. The molecule has 168 valence electrons. The maximum absolute atomic E-state index is 15.1. The second-order valence-electron chi connectivity index (χ2n) is 8.15. The van der Waals surface area contributed by atoms with Gasteiger partial charge in [0.1, 0.15) is 11.6 Å². The largest absolute Gasteiger partial charge is 0.355 e. The first kappa shape index (κ1) is 21.7. The Morgan fingerprint density at radius 1 is 1.03 bits per heavy atom. The zero-order valence-electron chi connectivity index (χ0n) is 18.1. The van der Waals surface area contributed by atoms with Gasteiger partial charge in [-0.2, -0.15) is 0 Å². The van der Waals surface area contributed by atoms with Crippen molar-refractivity contribution in [3.05, 3.63) is 70.5 Å². The van der Waals surface area contributed by atoms with Gasteiger partial charge in [-0.1, -0.05) is 6.07 Å². The molecule has 5 nitrogen and oxygen atoms in total. The number of benzene rings is 1. The number of hydrogen-bond donors (Lipinski definition) is 1. The molecule has 3 aromatic heterocycles. The normalized spacial score (nSPS) is 14.0. The monoisotopic (exact) mass is 509 g/mol. The summed E-state index contributed by atoms with van der Waals surface area (Å²) >= 11 is 3.51. The Bertz CT molecular complexity index is 1320. The van der Waals surface area contributed by atoms with Gasteiger partial charge in [-0.15, -0.1) is 0 Å². The quantitative estimate of drug-likeness (QED) is 0.328. The Kier molecular flexibility index (Phi) is 5.93. The topological polar surface area (TPSA) is 53.9 Å². The van der Waals surface area contributed by atoms with Crippen LogP contribution in [0, 0.1) is 18.6 Å². The summed E-state index contributed by atoms with van der Waals surface area (Å²) < 4.78 is 30.0. The van der Waals surface area contributed by atoms with E-state index in [1.165, 1.54) is 12.5 Å². The summed E-state index contributed by atoms with van der Waals surface area (Å²) in [5.74, 6) is -0.533. The Hall–Kier alpha value is -3.13. The van der Waals surface area contributed by atoms with Crippen LogP contribution in [0.4, 0.5) is 26.0 Å². The van der Waals surface area contributed by atoms with Crippen molar-refractivity contribution in [1.29, 1.82) is 0 Å². The third-order valence-electron chi connectivity index (χ3n) is 5.90. The molecule has 1 N–H and O–H groups in total. The van der Waals surface area contributed by atoms with Gasteiger partial charge in [0.15, 0.2) is 5.82 Å². The zero-order chi connectivity index (χ0) is 22.9. The number of fused-ring (bicyclic) bond motifs is 1. The highest BCUT2D eigenvalue weighted by Gasteiger charge is 2.21. The first-order chi connectivity index (χ1) is 16.0. The van der Waals surface area contributed by atoms with E-state index in [1.807, 2.05) is 31.2 Å². The highest BCUT2D eigenvalue weighted by molar-refractivity contribution is 9.10. The van der Waals surface area contributed by atoms with Gasteiger partial charge < -0.3 is 10.2 Å². The van der Waals surface area contributed by atoms with Gasteiger partial charge in [0.2, 0.25) is 0 Å². The molecule has 0 saturated carbocycles. The minimum atomic E-state index is -0.674. The second kappa shape index (κ2) is 9.02. The molecule has 0 radical (unpaired) electrons. The molecule has 1 saturated heterocycles. The highest BCUT2D eigenvalue weighted by Crippen LogP contribution is 2.39. The van der Waals surface area contributed by atoms with Crippen LogP contribution < -0.4 is 10.2 Å². The fraction of sp³-hybridized carbons (Fsp3) is 0.240. The lowest BCUT2D eigenvalue weighted by Gasteiger charge is -2.30. The lowest BCUT2D eigenvalue weighted by Crippen LogP contribution is -2.30. The molecule has 1 aliphatic heterocycles. The maximum atomic E-state index is 15.1. The summed E-state index contributed by atoms with van der Waals surface area (Å²) in [5, 5.41) is 3.66. The van der Waals surface area contributed by atoms with Gasteiger partial charge in [-0.05, 0) is 60.3 Å². The van der Waals surface area contributed by atoms with E-state index in [1.54, 1.807) is 12.4 Å². The molecule has 0 bridgehead atoms. The van der Waals surface area contributed by atoms with E-state index < -0.39 is 11.6 Å². The molecule has 8 heteroatoms. The number of hydrogen-bond acceptors (Lipinski definition) is 5. The maximum Gasteiger partial charge on any atom is 0.152 e. The van der Waals surface area contributed by atoms with Crippen molar-refractivity contribution < 1.29 is 8.78 Å². The van der Waals surface area contributed by atoms with E-state index in [0.717, 1.165) is 53.5 Å². The standard InChI is InChI=1S/C25H22BrF2N5/c1-15-23(19-7-3-4-8-29-19)31-20-13-17(27)12-18(28)22(20)24(15)32-21-11-16(26)14-30-25(21)33-9-5-2-6-10-33/h3-4,7-8,11-14H,2,5-6,9-10H2,1H3,(H,31,32). The number of nitrogens with one attached hydrogen (secondary N) is 1. The zero-order valence-corrected chi connectivity index (χ0v) is 19.7. The third kappa shape index (κ3) is 4.27. The average Bonchev–Trinajstić information content (AvgIpc) is 2.82. The first-order valence-electron chi connectivity index (χ1n) is 10.9. The molecular weight excluding hydrogens is 488 g/mol. The summed E-state index contributed by atoms with van der Waals surface area (Å²) in [7, 11) is 0. The van der Waals surface area contributed by atoms with Crippen molar-refractivity contribution in [2.24, 2.45) is 0 Å². The van der Waals surface area contributed by atoms with Gasteiger partial charge in [0, 0.05) is 47.7 Å². The molecule has 0 spiro atoms. The average molecular weight is 510 g/mol. The number of rotatable bonds is 4. The first-order valence-corrected chi connectivity index (χ1v) is 11.7. The van der Waals surface area contributed by atoms with Crippen LogP contribution in [-0.2, 0) is 0 Å². The van der Waals surface area contributed by atoms with Crippen LogP contribution in [0.5, 0.6) is 0 Å². The predicted molar refractivity (Wildman–Crippen MR) is 131 cm³/mol. The molecule has 5 rings (SSSR count). The number of aromatic nitrogens is 3. The summed E-state index contributed by atoms with van der Waals surface area (Å²) in [4.78, 5) is 15.9. The van der Waals surface area contributed by atoms with Crippen LogP contribution in [-0.4, -0.2) is 28.0 Å². The summed E-state index contributed by atoms with van der Waals surface area (Å²) in [6.07, 6.45) is 6.85. The Balaban J connectivity index is 1.72. The summed E-state index contributed by atoms with van der Waals surface area (Å²) in [6.45, 7) is 3.70. The SMILES string of the molecule is Cc1c(-c2ccccn2)nc2cc(F)cc(F)c2c1Nc1cc(Br)cnc1N1CCCCC1. The minimum Gasteiger partial charge on any atom is -0.355 e. The summed E-state index contributed by atoms with van der Waals surface area (Å²) in [5.41, 5.74) is 3.42.